The lowest BCUT2D eigenvalue weighted by atomic mass is 10.0. The summed E-state index contributed by atoms with van der Waals surface area (Å²) in [6.07, 6.45) is 3.74. The molecule has 0 unspecified atom stereocenters. The van der Waals surface area contributed by atoms with E-state index in [-0.39, 0.29) is 0 Å². The van der Waals surface area contributed by atoms with Crippen LogP contribution in [-0.4, -0.2) is 31.1 Å². The van der Waals surface area contributed by atoms with E-state index in [1.54, 1.807) is 0 Å². The molecule has 0 amide bonds. The number of hydrogen-bond donors (Lipinski definition) is 1. The summed E-state index contributed by atoms with van der Waals surface area (Å²) >= 11 is 0. The Balaban J connectivity index is 2.06. The van der Waals surface area contributed by atoms with E-state index in [0.717, 1.165) is 37.7 Å². The second-order valence-electron chi connectivity index (χ2n) is 4.89. The molecule has 17 heavy (non-hydrogen) atoms. The topological polar surface area (TPSA) is 28.4 Å². The lowest BCUT2D eigenvalue weighted by molar-refractivity contribution is 0.143. The van der Waals surface area contributed by atoms with E-state index < -0.39 is 0 Å². The molecule has 1 fully saturated rings. The van der Waals surface area contributed by atoms with Gasteiger partial charge in [0.15, 0.2) is 0 Å². The third kappa shape index (κ3) is 3.33. The van der Waals surface area contributed by atoms with Crippen molar-refractivity contribution in [1.29, 1.82) is 0 Å². The molecule has 1 atom stereocenters. The fourth-order valence-corrected chi connectivity index (χ4v) is 2.53. The van der Waals surface area contributed by atoms with Gasteiger partial charge in [0.2, 0.25) is 0 Å². The Labute approximate surface area is 104 Å². The van der Waals surface area contributed by atoms with Crippen LogP contribution in [0, 0.1) is 6.92 Å². The summed E-state index contributed by atoms with van der Waals surface area (Å²) < 4.78 is 5.83. The Kier molecular flexibility index (Phi) is 4.63. The first-order valence-electron chi connectivity index (χ1n) is 6.82. The van der Waals surface area contributed by atoms with Crippen molar-refractivity contribution >= 4 is 0 Å². The van der Waals surface area contributed by atoms with Gasteiger partial charge in [0.05, 0.1) is 6.04 Å². The van der Waals surface area contributed by atoms with Gasteiger partial charge >= 0.3 is 0 Å². The van der Waals surface area contributed by atoms with Crippen molar-refractivity contribution in [2.75, 3.05) is 26.2 Å². The van der Waals surface area contributed by atoms with Gasteiger partial charge in [0.25, 0.3) is 0 Å². The number of hydrogen-bond acceptors (Lipinski definition) is 3. The summed E-state index contributed by atoms with van der Waals surface area (Å²) in [5, 5.41) is 3.41. The summed E-state index contributed by atoms with van der Waals surface area (Å²) in [6, 6.07) is 4.71. The van der Waals surface area contributed by atoms with Crippen molar-refractivity contribution < 1.29 is 4.42 Å². The molecule has 1 saturated heterocycles. The van der Waals surface area contributed by atoms with E-state index in [4.69, 9.17) is 4.42 Å². The first-order valence-corrected chi connectivity index (χ1v) is 6.82. The number of rotatable bonds is 5. The quantitative estimate of drug-likeness (QED) is 0.852. The van der Waals surface area contributed by atoms with Crippen molar-refractivity contribution in [3.8, 4) is 0 Å². The molecule has 0 aromatic carbocycles. The highest BCUT2D eigenvalue weighted by Crippen LogP contribution is 2.28. The van der Waals surface area contributed by atoms with Crippen LogP contribution in [0.25, 0.3) is 0 Å². The van der Waals surface area contributed by atoms with E-state index in [1.165, 1.54) is 19.3 Å². The van der Waals surface area contributed by atoms with Crippen molar-refractivity contribution in [1.82, 2.24) is 10.2 Å². The maximum atomic E-state index is 5.83. The van der Waals surface area contributed by atoms with Crippen LogP contribution in [-0.2, 0) is 0 Å². The molecule has 0 radical (unpaired) electrons. The van der Waals surface area contributed by atoms with Crippen molar-refractivity contribution in [3.63, 3.8) is 0 Å². The zero-order valence-electron chi connectivity index (χ0n) is 11.0. The van der Waals surface area contributed by atoms with E-state index in [1.807, 2.05) is 6.92 Å². The molecule has 1 aromatic heterocycles. The molecule has 0 aliphatic carbocycles. The Morgan fingerprint density at radius 1 is 1.35 bits per heavy atom. The van der Waals surface area contributed by atoms with Crippen LogP contribution < -0.4 is 5.32 Å². The number of furan rings is 1. The zero-order chi connectivity index (χ0) is 12.1. The molecule has 1 aliphatic heterocycles. The fraction of sp³-hybridized carbons (Fsp3) is 0.714. The highest BCUT2D eigenvalue weighted by Gasteiger charge is 2.23. The molecule has 0 spiro atoms. The first kappa shape index (κ1) is 12.7. The molecule has 96 valence electrons. The maximum Gasteiger partial charge on any atom is 0.121 e. The summed E-state index contributed by atoms with van der Waals surface area (Å²) in [4.78, 5) is 2.56. The van der Waals surface area contributed by atoms with Gasteiger partial charge in [-0.25, -0.2) is 0 Å². The molecule has 1 aliphatic rings. The van der Waals surface area contributed by atoms with Crippen molar-refractivity contribution in [2.45, 2.75) is 39.2 Å². The van der Waals surface area contributed by atoms with Gasteiger partial charge < -0.3 is 9.73 Å². The Bertz CT molecular complexity index is 329. The van der Waals surface area contributed by atoms with Gasteiger partial charge in [-0.3, -0.25) is 4.90 Å². The minimum atomic E-state index is 0.478. The lowest BCUT2D eigenvalue weighted by Crippen LogP contribution is -2.45. The predicted octanol–water partition coefficient (Wildman–Crippen LogP) is 2.72. The molecular formula is C14H24N2O. The van der Waals surface area contributed by atoms with Crippen LogP contribution in [0.2, 0.25) is 0 Å². The number of piperazine rings is 1. The van der Waals surface area contributed by atoms with Gasteiger partial charge in [-0.05, 0) is 25.5 Å². The molecule has 2 rings (SSSR count). The van der Waals surface area contributed by atoms with Crippen LogP contribution in [0.15, 0.2) is 16.5 Å². The van der Waals surface area contributed by atoms with E-state index >= 15 is 0 Å². The minimum absolute atomic E-state index is 0.478. The third-order valence-electron chi connectivity index (χ3n) is 3.51. The second-order valence-corrected chi connectivity index (χ2v) is 4.89. The lowest BCUT2D eigenvalue weighted by Gasteiger charge is -2.33. The molecule has 0 bridgehead atoms. The van der Waals surface area contributed by atoms with E-state index in [9.17, 15) is 0 Å². The highest BCUT2D eigenvalue weighted by molar-refractivity contribution is 5.10. The smallest absolute Gasteiger partial charge is 0.121 e. The maximum absolute atomic E-state index is 5.83. The monoisotopic (exact) mass is 236 g/mol. The van der Waals surface area contributed by atoms with Crippen LogP contribution in [0.1, 0.15) is 43.7 Å². The third-order valence-corrected chi connectivity index (χ3v) is 3.51. The molecule has 3 nitrogen and oxygen atoms in total. The molecule has 1 aromatic rings. The number of nitrogens with zero attached hydrogens (tertiary/aromatic N) is 1. The summed E-state index contributed by atoms with van der Waals surface area (Å²) in [5.41, 5.74) is 0. The van der Waals surface area contributed by atoms with Crippen molar-refractivity contribution in [2.24, 2.45) is 0 Å². The minimum Gasteiger partial charge on any atom is -0.465 e. The van der Waals surface area contributed by atoms with Crippen LogP contribution in [0.5, 0.6) is 0 Å². The highest BCUT2D eigenvalue weighted by atomic mass is 16.3. The summed E-state index contributed by atoms with van der Waals surface area (Å²) in [7, 11) is 0. The number of nitrogens with one attached hydrogen (secondary N) is 1. The Morgan fingerprint density at radius 3 is 2.71 bits per heavy atom. The second kappa shape index (κ2) is 6.22. The molecular weight excluding hydrogens is 212 g/mol. The average molecular weight is 236 g/mol. The molecule has 2 heterocycles. The normalized spacial score (nSPS) is 19.4. The van der Waals surface area contributed by atoms with Crippen LogP contribution >= 0.6 is 0 Å². The van der Waals surface area contributed by atoms with Gasteiger partial charge in [0.1, 0.15) is 11.5 Å². The van der Waals surface area contributed by atoms with E-state index in [2.05, 4.69) is 29.3 Å². The van der Waals surface area contributed by atoms with Gasteiger partial charge in [-0.1, -0.05) is 19.8 Å². The first-order chi connectivity index (χ1) is 8.31. The van der Waals surface area contributed by atoms with Gasteiger partial charge in [-0.2, -0.15) is 0 Å². The molecule has 1 N–H and O–H groups in total. The standard InChI is InChI=1S/C14H24N2O/c1-3-4-5-13(14-7-6-12(2)17-14)16-10-8-15-9-11-16/h6-7,13,15H,3-5,8-11H2,1-2H3/t13-/m0/s1. The van der Waals surface area contributed by atoms with Gasteiger partial charge in [-0.15, -0.1) is 0 Å². The fourth-order valence-electron chi connectivity index (χ4n) is 2.53. The average Bonchev–Trinajstić information content (AvgIpc) is 2.78. The Hall–Kier alpha value is -0.800. The zero-order valence-corrected chi connectivity index (χ0v) is 11.0. The SMILES string of the molecule is CCCC[C@@H](c1ccc(C)o1)N1CCNCC1. The predicted molar refractivity (Wildman–Crippen MR) is 70.2 cm³/mol. The Morgan fingerprint density at radius 2 is 2.12 bits per heavy atom. The molecule has 3 heteroatoms. The summed E-state index contributed by atoms with van der Waals surface area (Å²) in [6.45, 7) is 8.74. The summed E-state index contributed by atoms with van der Waals surface area (Å²) in [5.74, 6) is 2.18. The van der Waals surface area contributed by atoms with Crippen LogP contribution in [0.4, 0.5) is 0 Å². The van der Waals surface area contributed by atoms with Crippen LogP contribution in [0.3, 0.4) is 0 Å². The largest absolute Gasteiger partial charge is 0.465 e. The molecule has 0 saturated carbocycles. The van der Waals surface area contributed by atoms with Gasteiger partial charge in [0, 0.05) is 26.2 Å². The van der Waals surface area contributed by atoms with Crippen molar-refractivity contribution in [3.05, 3.63) is 23.7 Å². The number of unbranched alkanes of at least 4 members (excludes halogenated alkanes) is 1. The van der Waals surface area contributed by atoms with E-state index in [0.29, 0.717) is 6.04 Å². The number of aryl methyl sites for hydroxylation is 1.